The molecule has 2 rings (SSSR count). The van der Waals surface area contributed by atoms with Crippen molar-refractivity contribution in [3.8, 4) is 0 Å². The maximum absolute atomic E-state index is 5.27. The first kappa shape index (κ1) is 15.3. The molecule has 1 aromatic rings. The first-order valence-electron chi connectivity index (χ1n) is 7.68. The van der Waals surface area contributed by atoms with Crippen LogP contribution in [0.15, 0.2) is 12.3 Å². The highest BCUT2D eigenvalue weighted by Gasteiger charge is 2.30. The summed E-state index contributed by atoms with van der Waals surface area (Å²) in [6, 6.07) is 2.91. The first-order valence-corrected chi connectivity index (χ1v) is 7.68. The van der Waals surface area contributed by atoms with Gasteiger partial charge < -0.3 is 15.0 Å². The van der Waals surface area contributed by atoms with Crippen LogP contribution in [-0.4, -0.2) is 37.8 Å². The van der Waals surface area contributed by atoms with Crippen molar-refractivity contribution < 1.29 is 4.74 Å². The average Bonchev–Trinajstić information content (AvgIpc) is 3.26. The lowest BCUT2D eigenvalue weighted by Gasteiger charge is -2.27. The predicted octanol–water partition coefficient (Wildman–Crippen LogP) is 2.50. The fraction of sp³-hybridized carbons (Fsp3) is 0.688. The molecule has 112 valence electrons. The lowest BCUT2D eigenvalue weighted by atomic mass is 10.1. The Labute approximate surface area is 122 Å². The summed E-state index contributed by atoms with van der Waals surface area (Å²) in [7, 11) is 1.77. The predicted molar refractivity (Wildman–Crippen MR) is 83.2 cm³/mol. The van der Waals surface area contributed by atoms with Crippen molar-refractivity contribution in [2.24, 2.45) is 0 Å². The Bertz CT molecular complexity index is 418. The van der Waals surface area contributed by atoms with E-state index in [-0.39, 0.29) is 0 Å². The maximum Gasteiger partial charge on any atom is 0.0637 e. The van der Waals surface area contributed by atoms with Crippen LogP contribution in [0.2, 0.25) is 0 Å². The third-order valence-electron chi connectivity index (χ3n) is 3.67. The second-order valence-corrected chi connectivity index (χ2v) is 5.55. The summed E-state index contributed by atoms with van der Waals surface area (Å²) >= 11 is 0. The minimum atomic E-state index is 0.692. The Balaban J connectivity index is 2.14. The molecule has 0 saturated heterocycles. The molecule has 1 heterocycles. The second-order valence-electron chi connectivity index (χ2n) is 5.55. The van der Waals surface area contributed by atoms with Crippen molar-refractivity contribution >= 4 is 5.69 Å². The zero-order chi connectivity index (χ0) is 14.4. The van der Waals surface area contributed by atoms with Crippen LogP contribution in [-0.2, 0) is 11.3 Å². The zero-order valence-corrected chi connectivity index (χ0v) is 13.0. The average molecular weight is 277 g/mol. The largest absolute Gasteiger partial charge is 0.383 e. The van der Waals surface area contributed by atoms with E-state index in [1.54, 1.807) is 7.11 Å². The summed E-state index contributed by atoms with van der Waals surface area (Å²) in [4.78, 5) is 6.96. The molecule has 4 heteroatoms. The van der Waals surface area contributed by atoms with Gasteiger partial charge in [0.2, 0.25) is 0 Å². The quantitative estimate of drug-likeness (QED) is 0.704. The standard InChI is InChI=1S/C16H27N3O/c1-4-7-17-11-14-12-18-13(2)10-16(14)19(8-9-20-3)15-5-6-15/h10,12,15,17H,4-9,11H2,1-3H3. The topological polar surface area (TPSA) is 37.4 Å². The van der Waals surface area contributed by atoms with Gasteiger partial charge in [0.25, 0.3) is 0 Å². The number of methoxy groups -OCH3 is 1. The molecule has 0 aliphatic heterocycles. The van der Waals surface area contributed by atoms with Gasteiger partial charge in [0, 0.05) is 49.4 Å². The normalized spacial score (nSPS) is 14.6. The van der Waals surface area contributed by atoms with Crippen LogP contribution >= 0.6 is 0 Å². The summed E-state index contributed by atoms with van der Waals surface area (Å²) in [6.07, 6.45) is 5.78. The molecule has 0 bridgehead atoms. The Morgan fingerprint density at radius 3 is 2.90 bits per heavy atom. The summed E-state index contributed by atoms with van der Waals surface area (Å²) in [5, 5.41) is 3.48. The molecule has 0 radical (unpaired) electrons. The molecule has 0 unspecified atom stereocenters. The monoisotopic (exact) mass is 277 g/mol. The molecule has 1 aromatic heterocycles. The van der Waals surface area contributed by atoms with Gasteiger partial charge in [0.05, 0.1) is 6.61 Å². The Morgan fingerprint density at radius 2 is 2.25 bits per heavy atom. The molecule has 1 N–H and O–H groups in total. The number of anilines is 1. The van der Waals surface area contributed by atoms with E-state index in [9.17, 15) is 0 Å². The minimum absolute atomic E-state index is 0.692. The molecule has 0 aromatic carbocycles. The van der Waals surface area contributed by atoms with Gasteiger partial charge in [-0.05, 0) is 38.8 Å². The molecule has 1 fully saturated rings. The number of nitrogens with one attached hydrogen (secondary N) is 1. The van der Waals surface area contributed by atoms with E-state index >= 15 is 0 Å². The van der Waals surface area contributed by atoms with Crippen LogP contribution in [0, 0.1) is 6.92 Å². The van der Waals surface area contributed by atoms with E-state index in [2.05, 4.69) is 35.1 Å². The molecule has 1 aliphatic rings. The smallest absolute Gasteiger partial charge is 0.0637 e. The molecule has 4 nitrogen and oxygen atoms in total. The van der Waals surface area contributed by atoms with Gasteiger partial charge in [0.1, 0.15) is 0 Å². The number of rotatable bonds is 9. The highest BCUT2D eigenvalue weighted by molar-refractivity contribution is 5.55. The lowest BCUT2D eigenvalue weighted by molar-refractivity contribution is 0.205. The van der Waals surface area contributed by atoms with E-state index in [0.717, 1.165) is 38.4 Å². The van der Waals surface area contributed by atoms with Gasteiger partial charge in [-0.3, -0.25) is 4.98 Å². The molecular formula is C16H27N3O. The van der Waals surface area contributed by atoms with Crippen LogP contribution in [0.1, 0.15) is 37.4 Å². The van der Waals surface area contributed by atoms with Crippen LogP contribution in [0.3, 0.4) is 0 Å². The highest BCUT2D eigenvalue weighted by Crippen LogP contribution is 2.33. The van der Waals surface area contributed by atoms with Gasteiger partial charge in [-0.25, -0.2) is 0 Å². The van der Waals surface area contributed by atoms with E-state index < -0.39 is 0 Å². The highest BCUT2D eigenvalue weighted by atomic mass is 16.5. The van der Waals surface area contributed by atoms with Crippen molar-refractivity contribution in [3.63, 3.8) is 0 Å². The fourth-order valence-electron chi connectivity index (χ4n) is 2.45. The number of nitrogens with zero attached hydrogens (tertiary/aromatic N) is 2. The van der Waals surface area contributed by atoms with E-state index in [0.29, 0.717) is 6.04 Å². The fourth-order valence-corrected chi connectivity index (χ4v) is 2.45. The van der Waals surface area contributed by atoms with Crippen LogP contribution in [0.5, 0.6) is 0 Å². The van der Waals surface area contributed by atoms with Gasteiger partial charge in [-0.1, -0.05) is 6.92 Å². The second kappa shape index (κ2) is 7.60. The third kappa shape index (κ3) is 4.18. The van der Waals surface area contributed by atoms with E-state index in [1.807, 2.05) is 6.20 Å². The molecule has 1 aliphatic carbocycles. The van der Waals surface area contributed by atoms with Crippen molar-refractivity contribution in [2.45, 2.75) is 45.7 Å². The van der Waals surface area contributed by atoms with Crippen molar-refractivity contribution in [1.29, 1.82) is 0 Å². The van der Waals surface area contributed by atoms with Gasteiger partial charge >= 0.3 is 0 Å². The van der Waals surface area contributed by atoms with Crippen molar-refractivity contribution in [2.75, 3.05) is 31.7 Å². The number of aryl methyl sites for hydroxylation is 1. The van der Waals surface area contributed by atoms with E-state index in [4.69, 9.17) is 4.74 Å². The van der Waals surface area contributed by atoms with Gasteiger partial charge in [-0.2, -0.15) is 0 Å². The number of ether oxygens (including phenoxy) is 1. The first-order chi connectivity index (χ1) is 9.76. The van der Waals surface area contributed by atoms with Crippen molar-refractivity contribution in [1.82, 2.24) is 10.3 Å². The summed E-state index contributed by atoms with van der Waals surface area (Å²) in [5.41, 5.74) is 3.72. The summed E-state index contributed by atoms with van der Waals surface area (Å²) in [6.45, 7) is 7.94. The lowest BCUT2D eigenvalue weighted by Crippen LogP contribution is -2.31. The van der Waals surface area contributed by atoms with Crippen molar-refractivity contribution in [3.05, 3.63) is 23.5 Å². The van der Waals surface area contributed by atoms with Crippen LogP contribution in [0.4, 0.5) is 5.69 Å². The van der Waals surface area contributed by atoms with Gasteiger partial charge in [0.15, 0.2) is 0 Å². The Hall–Kier alpha value is -1.13. The van der Waals surface area contributed by atoms with Gasteiger partial charge in [-0.15, -0.1) is 0 Å². The van der Waals surface area contributed by atoms with E-state index in [1.165, 1.54) is 24.1 Å². The molecule has 1 saturated carbocycles. The number of pyridine rings is 1. The van der Waals surface area contributed by atoms with Crippen LogP contribution in [0.25, 0.3) is 0 Å². The zero-order valence-electron chi connectivity index (χ0n) is 13.0. The maximum atomic E-state index is 5.27. The minimum Gasteiger partial charge on any atom is -0.383 e. The Morgan fingerprint density at radius 1 is 1.45 bits per heavy atom. The van der Waals surface area contributed by atoms with Crippen LogP contribution < -0.4 is 10.2 Å². The Kier molecular flexibility index (Phi) is 5.80. The number of hydrogen-bond donors (Lipinski definition) is 1. The summed E-state index contributed by atoms with van der Waals surface area (Å²) in [5.74, 6) is 0. The number of aromatic nitrogens is 1. The molecule has 0 spiro atoms. The third-order valence-corrected chi connectivity index (χ3v) is 3.67. The molecule has 0 atom stereocenters. The summed E-state index contributed by atoms with van der Waals surface area (Å²) < 4.78 is 5.27. The molecular weight excluding hydrogens is 250 g/mol. The molecule has 0 amide bonds. The number of hydrogen-bond acceptors (Lipinski definition) is 4. The SMILES string of the molecule is CCCNCc1cnc(C)cc1N(CCOC)C1CC1. The molecule has 20 heavy (non-hydrogen) atoms.